The van der Waals surface area contributed by atoms with Gasteiger partial charge in [-0.15, -0.1) is 0 Å². The molecule has 0 aromatic heterocycles. The third kappa shape index (κ3) is 6.21. The first-order valence-electron chi connectivity index (χ1n) is 9.77. The summed E-state index contributed by atoms with van der Waals surface area (Å²) in [6, 6.07) is 5.81. The molecule has 0 saturated carbocycles. The van der Waals surface area contributed by atoms with E-state index in [1.165, 1.54) is 0 Å². The zero-order chi connectivity index (χ0) is 20.7. The Hall–Kier alpha value is -1.08. The van der Waals surface area contributed by atoms with Gasteiger partial charge in [-0.1, -0.05) is 32.8 Å². The van der Waals surface area contributed by atoms with Crippen LogP contribution in [0.5, 0.6) is 11.5 Å². The van der Waals surface area contributed by atoms with Gasteiger partial charge in [-0.25, -0.2) is 0 Å². The van der Waals surface area contributed by atoms with Crippen LogP contribution in [0.3, 0.4) is 0 Å². The third-order valence-corrected chi connectivity index (χ3v) is 7.29. The minimum atomic E-state index is -3.18. The Bertz CT molecular complexity index is 535. The Morgan fingerprint density at radius 3 is 1.41 bits per heavy atom. The van der Waals surface area contributed by atoms with E-state index in [1.807, 2.05) is 18.2 Å². The van der Waals surface area contributed by atoms with Gasteiger partial charge in [0, 0.05) is 21.3 Å². The lowest BCUT2D eigenvalue weighted by atomic mass is 10.0. The fourth-order valence-electron chi connectivity index (χ4n) is 3.44. The lowest BCUT2D eigenvalue weighted by Crippen LogP contribution is -2.56. The highest BCUT2D eigenvalue weighted by molar-refractivity contribution is 6.77. The predicted octanol–water partition coefficient (Wildman–Crippen LogP) is 4.69. The van der Waals surface area contributed by atoms with Gasteiger partial charge in [-0.2, -0.15) is 0 Å². The molecular weight excluding hydrogens is 360 g/mol. The Morgan fingerprint density at radius 2 is 1.11 bits per heavy atom. The van der Waals surface area contributed by atoms with Crippen molar-refractivity contribution >= 4 is 14.0 Å². The Morgan fingerprint density at radius 1 is 0.741 bits per heavy atom. The molecule has 6 heteroatoms. The van der Waals surface area contributed by atoms with Gasteiger partial charge in [0.2, 0.25) is 0 Å². The highest BCUT2D eigenvalue weighted by Gasteiger charge is 2.47. The van der Waals surface area contributed by atoms with Gasteiger partial charge < -0.3 is 22.8 Å². The molecule has 0 spiro atoms. The van der Waals surface area contributed by atoms with Gasteiger partial charge in [-0.05, 0) is 52.7 Å². The van der Waals surface area contributed by atoms with E-state index in [0.29, 0.717) is 11.5 Å². The molecule has 0 bridgehead atoms. The van der Waals surface area contributed by atoms with Gasteiger partial charge in [-0.3, -0.25) is 0 Å². The summed E-state index contributed by atoms with van der Waals surface area (Å²) in [4.78, 5) is 0. The summed E-state index contributed by atoms with van der Waals surface area (Å²) >= 11 is 0. The summed E-state index contributed by atoms with van der Waals surface area (Å²) < 4.78 is 30.2. The fraction of sp³-hybridized carbons (Fsp3) is 0.714. The second-order valence-electron chi connectivity index (χ2n) is 8.02. The second-order valence-corrected chi connectivity index (χ2v) is 10.9. The van der Waals surface area contributed by atoms with Crippen LogP contribution < -0.4 is 14.7 Å². The Labute approximate surface area is 166 Å². The van der Waals surface area contributed by atoms with Crippen LogP contribution in [0.1, 0.15) is 67.2 Å². The van der Waals surface area contributed by atoms with Gasteiger partial charge in [0.1, 0.15) is 27.9 Å². The summed E-state index contributed by atoms with van der Waals surface area (Å²) in [5.74, 6) is 1.38. The molecule has 0 aliphatic carbocycles. The van der Waals surface area contributed by atoms with Crippen molar-refractivity contribution in [3.05, 3.63) is 18.2 Å². The molecule has 0 heterocycles. The second kappa shape index (κ2) is 9.91. The number of benzene rings is 1. The largest absolute Gasteiger partial charge is 0.544 e. The molecule has 0 aliphatic heterocycles. The maximum atomic E-state index is 6.41. The quantitative estimate of drug-likeness (QED) is 0.478. The van der Waals surface area contributed by atoms with Crippen molar-refractivity contribution in [2.24, 2.45) is 0 Å². The molecule has 1 aromatic rings. The van der Waals surface area contributed by atoms with E-state index in [0.717, 1.165) is 30.9 Å². The Kier molecular flexibility index (Phi) is 8.80. The number of hydrogen-bond donors (Lipinski definition) is 0. The van der Waals surface area contributed by atoms with E-state index < -0.39 is 8.80 Å². The van der Waals surface area contributed by atoms with Crippen LogP contribution in [0.2, 0.25) is 0 Å². The maximum Gasteiger partial charge on any atom is 0.544 e. The van der Waals surface area contributed by atoms with Crippen LogP contribution in [-0.4, -0.2) is 41.3 Å². The lowest BCUT2D eigenvalue weighted by molar-refractivity contribution is 0.0870. The lowest BCUT2D eigenvalue weighted by Gasteiger charge is -2.34. The molecule has 5 nitrogen and oxygen atoms in total. The molecule has 0 amide bonds. The fourth-order valence-corrected chi connectivity index (χ4v) is 5.43. The predicted molar refractivity (Wildman–Crippen MR) is 112 cm³/mol. The molecule has 1 aromatic carbocycles. The van der Waals surface area contributed by atoms with Crippen LogP contribution in [0.4, 0.5) is 0 Å². The first kappa shape index (κ1) is 24.0. The van der Waals surface area contributed by atoms with Crippen LogP contribution >= 0.6 is 0 Å². The zero-order valence-corrected chi connectivity index (χ0v) is 19.6. The number of rotatable bonds is 12. The van der Waals surface area contributed by atoms with Gasteiger partial charge in [0.15, 0.2) is 0 Å². The molecule has 1 rings (SSSR count). The molecule has 0 unspecified atom stereocenters. The summed E-state index contributed by atoms with van der Waals surface area (Å²) in [6.45, 7) is 12.7. The van der Waals surface area contributed by atoms with E-state index in [-0.39, 0.29) is 11.2 Å². The zero-order valence-electron chi connectivity index (χ0n) is 18.6. The summed E-state index contributed by atoms with van der Waals surface area (Å²) in [7, 11) is 1.64. The minimum absolute atomic E-state index is 0.323. The first-order chi connectivity index (χ1) is 12.6. The highest BCUT2D eigenvalue weighted by atomic mass is 28.4. The topological polar surface area (TPSA) is 46.2 Å². The van der Waals surface area contributed by atoms with Crippen LogP contribution in [0, 0.1) is 0 Å². The SMILES string of the molecule is CCCC(C)(C)Oc1cccc(OC(C)(C)CCC)c1[Si](OC)(OC)OC. The van der Waals surface area contributed by atoms with Crippen molar-refractivity contribution in [1.29, 1.82) is 0 Å². The van der Waals surface area contributed by atoms with Crippen LogP contribution in [-0.2, 0) is 13.3 Å². The monoisotopic (exact) mass is 398 g/mol. The molecule has 0 fully saturated rings. The normalized spacial score (nSPS) is 12.9. The smallest absolute Gasteiger partial charge is 0.488 e. The van der Waals surface area contributed by atoms with E-state index in [4.69, 9.17) is 22.8 Å². The van der Waals surface area contributed by atoms with E-state index >= 15 is 0 Å². The van der Waals surface area contributed by atoms with Gasteiger partial charge >= 0.3 is 8.80 Å². The van der Waals surface area contributed by atoms with Crippen molar-refractivity contribution in [2.75, 3.05) is 21.3 Å². The minimum Gasteiger partial charge on any atom is -0.488 e. The van der Waals surface area contributed by atoms with Crippen molar-refractivity contribution in [1.82, 2.24) is 0 Å². The standard InChI is InChI=1S/C21H38O5Si/c1-10-15-20(3,4)25-17-13-12-14-18(26-21(5,6)16-11-2)19(17)27(22-7,23-8)24-9/h12-14H,10-11,15-16H2,1-9H3. The molecule has 156 valence electrons. The van der Waals surface area contributed by atoms with Gasteiger partial charge in [0.05, 0.1) is 0 Å². The molecule has 0 atom stereocenters. The van der Waals surface area contributed by atoms with E-state index in [2.05, 4.69) is 41.5 Å². The maximum absolute atomic E-state index is 6.41. The van der Waals surface area contributed by atoms with Gasteiger partial charge in [0.25, 0.3) is 0 Å². The molecule has 0 aliphatic rings. The molecule has 0 saturated heterocycles. The van der Waals surface area contributed by atoms with E-state index in [1.54, 1.807) is 21.3 Å². The third-order valence-electron chi connectivity index (χ3n) is 4.58. The molecule has 0 radical (unpaired) electrons. The first-order valence-corrected chi connectivity index (χ1v) is 11.5. The van der Waals surface area contributed by atoms with E-state index in [9.17, 15) is 0 Å². The van der Waals surface area contributed by atoms with Crippen molar-refractivity contribution in [3.63, 3.8) is 0 Å². The average molecular weight is 399 g/mol. The number of hydrogen-bond acceptors (Lipinski definition) is 5. The summed E-state index contributed by atoms with van der Waals surface area (Å²) in [5, 5.41) is 0.742. The molecular formula is C21H38O5Si. The molecule has 0 N–H and O–H groups in total. The number of ether oxygens (including phenoxy) is 2. The summed E-state index contributed by atoms with van der Waals surface area (Å²) in [5.41, 5.74) is -0.646. The van der Waals surface area contributed by atoms with Crippen LogP contribution in [0.15, 0.2) is 18.2 Å². The average Bonchev–Trinajstić information content (AvgIpc) is 2.57. The van der Waals surface area contributed by atoms with Crippen molar-refractivity contribution in [2.45, 2.75) is 78.4 Å². The highest BCUT2D eigenvalue weighted by Crippen LogP contribution is 2.31. The summed E-state index contributed by atoms with van der Waals surface area (Å²) in [6.07, 6.45) is 3.92. The molecule has 27 heavy (non-hydrogen) atoms. The Balaban J connectivity index is 3.53. The van der Waals surface area contributed by atoms with Crippen molar-refractivity contribution in [3.8, 4) is 11.5 Å². The van der Waals surface area contributed by atoms with Crippen LogP contribution in [0.25, 0.3) is 0 Å². The van der Waals surface area contributed by atoms with Crippen molar-refractivity contribution < 1.29 is 22.8 Å².